The highest BCUT2D eigenvalue weighted by Crippen LogP contribution is 2.11. The standard InChI is InChI=1S/C20H38O4/c1-4-7-8-9-10-11-12-17-23-19(21)15-16-20(22)24-18(13-5-2)14-6-3/h18H,4-17H2,1-3H3. The Morgan fingerprint density at radius 2 is 1.25 bits per heavy atom. The van der Waals surface area contributed by atoms with Gasteiger partial charge in [-0.2, -0.15) is 0 Å². The molecule has 0 saturated heterocycles. The molecule has 0 amide bonds. The molecule has 0 aromatic carbocycles. The summed E-state index contributed by atoms with van der Waals surface area (Å²) in [6.07, 6.45) is 12.4. The molecule has 24 heavy (non-hydrogen) atoms. The summed E-state index contributed by atoms with van der Waals surface area (Å²) in [5.74, 6) is -0.574. The number of hydrogen-bond donors (Lipinski definition) is 0. The first-order valence-electron chi connectivity index (χ1n) is 9.99. The molecule has 0 bridgehead atoms. The number of carbonyl (C=O) groups excluding carboxylic acids is 2. The molecular formula is C20H38O4. The maximum Gasteiger partial charge on any atom is 0.306 e. The third-order valence-corrected chi connectivity index (χ3v) is 4.06. The summed E-state index contributed by atoms with van der Waals surface area (Å²) in [5.41, 5.74) is 0. The summed E-state index contributed by atoms with van der Waals surface area (Å²) >= 11 is 0. The zero-order valence-corrected chi connectivity index (χ0v) is 16.1. The number of esters is 2. The van der Waals surface area contributed by atoms with E-state index in [1.165, 1.54) is 32.1 Å². The molecule has 0 atom stereocenters. The second-order valence-electron chi connectivity index (χ2n) is 6.53. The van der Waals surface area contributed by atoms with E-state index in [-0.39, 0.29) is 30.9 Å². The Hall–Kier alpha value is -1.06. The van der Waals surface area contributed by atoms with Crippen molar-refractivity contribution in [3.8, 4) is 0 Å². The van der Waals surface area contributed by atoms with Gasteiger partial charge in [-0.25, -0.2) is 0 Å². The van der Waals surface area contributed by atoms with Crippen LogP contribution in [0.2, 0.25) is 0 Å². The van der Waals surface area contributed by atoms with Gasteiger partial charge in [0, 0.05) is 0 Å². The molecule has 4 heteroatoms. The summed E-state index contributed by atoms with van der Waals surface area (Å²) in [6.45, 7) is 6.84. The average molecular weight is 343 g/mol. The van der Waals surface area contributed by atoms with E-state index < -0.39 is 0 Å². The van der Waals surface area contributed by atoms with Gasteiger partial charge < -0.3 is 9.47 Å². The van der Waals surface area contributed by atoms with E-state index in [9.17, 15) is 9.59 Å². The van der Waals surface area contributed by atoms with Gasteiger partial charge >= 0.3 is 11.9 Å². The number of hydrogen-bond acceptors (Lipinski definition) is 4. The van der Waals surface area contributed by atoms with Crippen LogP contribution in [0.4, 0.5) is 0 Å². The maximum absolute atomic E-state index is 11.8. The van der Waals surface area contributed by atoms with Crippen LogP contribution >= 0.6 is 0 Å². The SMILES string of the molecule is CCCCCCCCCOC(=O)CCC(=O)OC(CCC)CCC. The highest BCUT2D eigenvalue weighted by molar-refractivity contribution is 5.77. The maximum atomic E-state index is 11.8. The molecular weight excluding hydrogens is 304 g/mol. The lowest BCUT2D eigenvalue weighted by molar-refractivity contribution is -0.154. The van der Waals surface area contributed by atoms with Gasteiger partial charge in [0.1, 0.15) is 6.10 Å². The monoisotopic (exact) mass is 342 g/mol. The smallest absolute Gasteiger partial charge is 0.306 e. The van der Waals surface area contributed by atoms with Crippen LogP contribution < -0.4 is 0 Å². The lowest BCUT2D eigenvalue weighted by Gasteiger charge is -2.16. The van der Waals surface area contributed by atoms with Crippen molar-refractivity contribution in [1.82, 2.24) is 0 Å². The van der Waals surface area contributed by atoms with Crippen molar-refractivity contribution >= 4 is 11.9 Å². The minimum Gasteiger partial charge on any atom is -0.466 e. The van der Waals surface area contributed by atoms with Gasteiger partial charge in [0.2, 0.25) is 0 Å². The van der Waals surface area contributed by atoms with E-state index in [4.69, 9.17) is 9.47 Å². The second-order valence-corrected chi connectivity index (χ2v) is 6.53. The first-order chi connectivity index (χ1) is 11.6. The van der Waals surface area contributed by atoms with Gasteiger partial charge in [0.15, 0.2) is 0 Å². The van der Waals surface area contributed by atoms with Crippen LogP contribution in [0.1, 0.15) is 104 Å². The van der Waals surface area contributed by atoms with Crippen LogP contribution in [0.3, 0.4) is 0 Å². The molecule has 0 saturated carbocycles. The molecule has 4 nitrogen and oxygen atoms in total. The van der Waals surface area contributed by atoms with Crippen LogP contribution in [-0.2, 0) is 19.1 Å². The fourth-order valence-corrected chi connectivity index (χ4v) is 2.67. The van der Waals surface area contributed by atoms with Crippen molar-refractivity contribution in [1.29, 1.82) is 0 Å². The second kappa shape index (κ2) is 16.8. The van der Waals surface area contributed by atoms with Crippen molar-refractivity contribution in [2.24, 2.45) is 0 Å². The third kappa shape index (κ3) is 14.5. The summed E-state index contributed by atoms with van der Waals surface area (Å²) in [7, 11) is 0. The summed E-state index contributed by atoms with van der Waals surface area (Å²) in [6, 6.07) is 0. The Bertz CT molecular complexity index is 309. The third-order valence-electron chi connectivity index (χ3n) is 4.06. The summed E-state index contributed by atoms with van der Waals surface area (Å²) in [4.78, 5) is 23.4. The molecule has 0 rings (SSSR count). The minimum absolute atomic E-state index is 0.00349. The number of ether oxygens (including phenoxy) is 2. The average Bonchev–Trinajstić information content (AvgIpc) is 2.56. The van der Waals surface area contributed by atoms with E-state index in [1.807, 2.05) is 0 Å². The van der Waals surface area contributed by atoms with Crippen molar-refractivity contribution < 1.29 is 19.1 Å². The quantitative estimate of drug-likeness (QED) is 0.272. The molecule has 0 aliphatic carbocycles. The van der Waals surface area contributed by atoms with Crippen LogP contribution in [-0.4, -0.2) is 24.6 Å². The lowest BCUT2D eigenvalue weighted by Crippen LogP contribution is -2.19. The fourth-order valence-electron chi connectivity index (χ4n) is 2.67. The van der Waals surface area contributed by atoms with E-state index >= 15 is 0 Å². The topological polar surface area (TPSA) is 52.6 Å². The first-order valence-corrected chi connectivity index (χ1v) is 9.99. The Morgan fingerprint density at radius 1 is 0.708 bits per heavy atom. The van der Waals surface area contributed by atoms with Crippen molar-refractivity contribution in [2.45, 2.75) is 110 Å². The van der Waals surface area contributed by atoms with Crippen LogP contribution in [0.5, 0.6) is 0 Å². The Kier molecular flexibility index (Phi) is 16.0. The van der Waals surface area contributed by atoms with Crippen molar-refractivity contribution in [3.05, 3.63) is 0 Å². The van der Waals surface area contributed by atoms with Gasteiger partial charge in [-0.15, -0.1) is 0 Å². The zero-order chi connectivity index (χ0) is 18.0. The minimum atomic E-state index is -0.291. The zero-order valence-electron chi connectivity index (χ0n) is 16.1. The van der Waals surface area contributed by atoms with Crippen LogP contribution in [0, 0.1) is 0 Å². The van der Waals surface area contributed by atoms with Gasteiger partial charge in [-0.1, -0.05) is 72.1 Å². The molecule has 0 aromatic heterocycles. The summed E-state index contributed by atoms with van der Waals surface area (Å²) in [5, 5.41) is 0. The van der Waals surface area contributed by atoms with Crippen LogP contribution in [0.15, 0.2) is 0 Å². The molecule has 0 aliphatic rings. The molecule has 0 heterocycles. The van der Waals surface area contributed by atoms with Crippen molar-refractivity contribution in [2.75, 3.05) is 6.61 Å². The number of unbranched alkanes of at least 4 members (excludes halogenated alkanes) is 6. The normalized spacial score (nSPS) is 10.8. The molecule has 0 aliphatic heterocycles. The predicted molar refractivity (Wildman–Crippen MR) is 97.9 cm³/mol. The molecule has 0 fully saturated rings. The van der Waals surface area contributed by atoms with Gasteiger partial charge in [-0.3, -0.25) is 9.59 Å². The van der Waals surface area contributed by atoms with Crippen LogP contribution in [0.25, 0.3) is 0 Å². The van der Waals surface area contributed by atoms with E-state index in [1.54, 1.807) is 0 Å². The molecule has 142 valence electrons. The largest absolute Gasteiger partial charge is 0.466 e. The molecule has 0 unspecified atom stereocenters. The van der Waals surface area contributed by atoms with E-state index in [0.29, 0.717) is 6.61 Å². The van der Waals surface area contributed by atoms with Gasteiger partial charge in [0.05, 0.1) is 19.4 Å². The fraction of sp³-hybridized carbons (Fsp3) is 0.900. The number of carbonyl (C=O) groups is 2. The first kappa shape index (κ1) is 22.9. The number of rotatable bonds is 16. The molecule has 0 spiro atoms. The molecule has 0 radical (unpaired) electrons. The van der Waals surface area contributed by atoms with Gasteiger partial charge in [0.25, 0.3) is 0 Å². The predicted octanol–water partition coefficient (Wildman–Crippen LogP) is 5.57. The molecule has 0 aromatic rings. The Balaban J connectivity index is 3.61. The lowest BCUT2D eigenvalue weighted by atomic mass is 10.1. The Morgan fingerprint density at radius 3 is 1.83 bits per heavy atom. The Labute approximate surface area is 148 Å². The van der Waals surface area contributed by atoms with E-state index in [0.717, 1.165) is 38.5 Å². The highest BCUT2D eigenvalue weighted by Gasteiger charge is 2.14. The van der Waals surface area contributed by atoms with Gasteiger partial charge in [-0.05, 0) is 19.3 Å². The highest BCUT2D eigenvalue weighted by atomic mass is 16.5. The van der Waals surface area contributed by atoms with Crippen molar-refractivity contribution in [3.63, 3.8) is 0 Å². The summed E-state index contributed by atoms with van der Waals surface area (Å²) < 4.78 is 10.6. The van der Waals surface area contributed by atoms with E-state index in [2.05, 4.69) is 20.8 Å². The molecule has 0 N–H and O–H groups in total.